The average molecular weight is 302 g/mol. The van der Waals surface area contributed by atoms with Gasteiger partial charge < -0.3 is 15.3 Å². The lowest BCUT2D eigenvalue weighted by molar-refractivity contribution is -0.135. The van der Waals surface area contributed by atoms with Crippen LogP contribution in [0.1, 0.15) is 10.4 Å². The summed E-state index contributed by atoms with van der Waals surface area (Å²) in [6.07, 6.45) is 1.57. The maximum absolute atomic E-state index is 11.8. The molecule has 0 spiro atoms. The average Bonchev–Trinajstić information content (AvgIpc) is 2.25. The normalized spacial score (nSPS) is 9.82. The number of anilines is 1. The Morgan fingerprint density at radius 3 is 2.71 bits per heavy atom. The molecule has 0 aliphatic carbocycles. The Kier molecular flexibility index (Phi) is 4.45. The number of hydrogen-bond acceptors (Lipinski definition) is 4. The van der Waals surface area contributed by atoms with Gasteiger partial charge in [0.25, 0.3) is 5.91 Å². The number of carboxylic acids is 1. The Morgan fingerprint density at radius 2 is 2.18 bits per heavy atom. The summed E-state index contributed by atoms with van der Waals surface area (Å²) in [5, 5.41) is 10.8. The number of carbonyl (C=O) groups is 2. The maximum Gasteiger partial charge on any atom is 0.322 e. The maximum atomic E-state index is 11.8. The van der Waals surface area contributed by atoms with E-state index in [1.165, 1.54) is 0 Å². The minimum atomic E-state index is -1.09. The van der Waals surface area contributed by atoms with Crippen LogP contribution in [0.15, 0.2) is 16.7 Å². The topological polar surface area (TPSA) is 82.5 Å². The molecular formula is C10H12BrN3O3. The zero-order chi connectivity index (χ0) is 13.0. The molecule has 0 aromatic carbocycles. The third-order valence-electron chi connectivity index (χ3n) is 1.90. The molecule has 0 bridgehead atoms. The predicted octanol–water partition coefficient (Wildman–Crippen LogP) is 0.724. The summed E-state index contributed by atoms with van der Waals surface area (Å²) in [5.41, 5.74) is 0.325. The molecule has 0 radical (unpaired) electrons. The fraction of sp³-hybridized carbons (Fsp3) is 0.300. The number of amides is 1. The quantitative estimate of drug-likeness (QED) is 0.856. The number of rotatable bonds is 4. The second-order valence-corrected chi connectivity index (χ2v) is 4.41. The zero-order valence-electron chi connectivity index (χ0n) is 9.40. The summed E-state index contributed by atoms with van der Waals surface area (Å²) in [6.45, 7) is -0.418. The van der Waals surface area contributed by atoms with E-state index in [-0.39, 0.29) is 0 Å². The fourth-order valence-corrected chi connectivity index (χ4v) is 1.54. The van der Waals surface area contributed by atoms with E-state index >= 15 is 0 Å². The van der Waals surface area contributed by atoms with Crippen molar-refractivity contribution < 1.29 is 14.7 Å². The van der Waals surface area contributed by atoms with E-state index in [0.717, 1.165) is 0 Å². The Balaban J connectivity index is 2.98. The van der Waals surface area contributed by atoms with Crippen LogP contribution in [-0.2, 0) is 4.79 Å². The van der Waals surface area contributed by atoms with Gasteiger partial charge in [0, 0.05) is 24.8 Å². The number of nitrogens with zero attached hydrogens (tertiary/aromatic N) is 2. The summed E-state index contributed by atoms with van der Waals surface area (Å²) in [4.78, 5) is 27.9. The molecular weight excluding hydrogens is 290 g/mol. The molecule has 0 aliphatic heterocycles. The Hall–Kier alpha value is -1.63. The van der Waals surface area contributed by atoms with Crippen LogP contribution in [0.4, 0.5) is 5.82 Å². The zero-order valence-corrected chi connectivity index (χ0v) is 11.0. The SMILES string of the molecule is CN(C)c1ncc(Br)cc1C(=O)NCC(=O)O. The van der Waals surface area contributed by atoms with Crippen LogP contribution in [0.3, 0.4) is 0 Å². The summed E-state index contributed by atoms with van der Waals surface area (Å²) in [6, 6.07) is 1.60. The van der Waals surface area contributed by atoms with Gasteiger partial charge in [-0.1, -0.05) is 0 Å². The molecule has 0 saturated heterocycles. The number of pyridine rings is 1. The lowest BCUT2D eigenvalue weighted by Gasteiger charge is -2.15. The van der Waals surface area contributed by atoms with Crippen molar-refractivity contribution in [3.05, 3.63) is 22.3 Å². The van der Waals surface area contributed by atoms with Crippen LogP contribution >= 0.6 is 15.9 Å². The predicted molar refractivity (Wildman–Crippen MR) is 66.2 cm³/mol. The van der Waals surface area contributed by atoms with Crippen molar-refractivity contribution in [1.29, 1.82) is 0 Å². The molecule has 1 rings (SSSR count). The molecule has 1 aromatic rings. The van der Waals surface area contributed by atoms with Crippen LogP contribution in [0.2, 0.25) is 0 Å². The van der Waals surface area contributed by atoms with Crippen LogP contribution in [-0.4, -0.2) is 42.6 Å². The first-order valence-electron chi connectivity index (χ1n) is 4.74. The number of aromatic nitrogens is 1. The Bertz CT molecular complexity index is 448. The summed E-state index contributed by atoms with van der Waals surface area (Å²) < 4.78 is 0.656. The second kappa shape index (κ2) is 5.62. The highest BCUT2D eigenvalue weighted by molar-refractivity contribution is 9.10. The molecule has 0 atom stereocenters. The van der Waals surface area contributed by atoms with Gasteiger partial charge in [-0.15, -0.1) is 0 Å². The number of nitrogens with one attached hydrogen (secondary N) is 1. The highest BCUT2D eigenvalue weighted by Crippen LogP contribution is 2.19. The van der Waals surface area contributed by atoms with E-state index in [1.54, 1.807) is 31.3 Å². The fourth-order valence-electron chi connectivity index (χ4n) is 1.21. The smallest absolute Gasteiger partial charge is 0.322 e. The minimum Gasteiger partial charge on any atom is -0.480 e. The summed E-state index contributed by atoms with van der Waals surface area (Å²) in [7, 11) is 3.51. The molecule has 6 nitrogen and oxygen atoms in total. The van der Waals surface area contributed by atoms with E-state index in [4.69, 9.17) is 5.11 Å². The Labute approximate surface area is 107 Å². The Morgan fingerprint density at radius 1 is 1.53 bits per heavy atom. The molecule has 17 heavy (non-hydrogen) atoms. The monoisotopic (exact) mass is 301 g/mol. The van der Waals surface area contributed by atoms with Crippen LogP contribution in [0.25, 0.3) is 0 Å². The number of carbonyl (C=O) groups excluding carboxylic acids is 1. The lowest BCUT2D eigenvalue weighted by atomic mass is 10.2. The van der Waals surface area contributed by atoms with Gasteiger partial charge in [0.1, 0.15) is 12.4 Å². The number of hydrogen-bond donors (Lipinski definition) is 2. The largest absolute Gasteiger partial charge is 0.480 e. The standard InChI is InChI=1S/C10H12BrN3O3/c1-14(2)9-7(3-6(11)4-12-9)10(17)13-5-8(15)16/h3-4H,5H2,1-2H3,(H,13,17)(H,15,16). The van der Waals surface area contributed by atoms with Gasteiger partial charge in [0.15, 0.2) is 0 Å². The van der Waals surface area contributed by atoms with Gasteiger partial charge in [-0.25, -0.2) is 4.98 Å². The van der Waals surface area contributed by atoms with Crippen molar-refractivity contribution in [3.63, 3.8) is 0 Å². The summed E-state index contributed by atoms with van der Waals surface area (Å²) >= 11 is 3.22. The third kappa shape index (κ3) is 3.70. The first-order chi connectivity index (χ1) is 7.91. The molecule has 0 unspecified atom stereocenters. The molecule has 0 saturated carbocycles. The first-order valence-corrected chi connectivity index (χ1v) is 5.54. The van der Waals surface area contributed by atoms with Crippen LogP contribution in [0.5, 0.6) is 0 Å². The molecule has 1 heterocycles. The van der Waals surface area contributed by atoms with E-state index in [1.807, 2.05) is 0 Å². The van der Waals surface area contributed by atoms with Gasteiger partial charge in [0.2, 0.25) is 0 Å². The van der Waals surface area contributed by atoms with Crippen molar-refractivity contribution >= 4 is 33.6 Å². The van der Waals surface area contributed by atoms with Crippen molar-refractivity contribution in [2.75, 3.05) is 25.5 Å². The molecule has 92 valence electrons. The van der Waals surface area contributed by atoms with Crippen LogP contribution < -0.4 is 10.2 Å². The van der Waals surface area contributed by atoms with E-state index < -0.39 is 18.4 Å². The number of carboxylic acid groups (broad SMARTS) is 1. The van der Waals surface area contributed by atoms with E-state index in [9.17, 15) is 9.59 Å². The molecule has 7 heteroatoms. The van der Waals surface area contributed by atoms with Gasteiger partial charge >= 0.3 is 5.97 Å². The van der Waals surface area contributed by atoms with Crippen molar-refractivity contribution in [3.8, 4) is 0 Å². The molecule has 2 N–H and O–H groups in total. The van der Waals surface area contributed by atoms with E-state index in [2.05, 4.69) is 26.2 Å². The van der Waals surface area contributed by atoms with Crippen molar-refractivity contribution in [2.45, 2.75) is 0 Å². The van der Waals surface area contributed by atoms with Crippen molar-refractivity contribution in [2.24, 2.45) is 0 Å². The van der Waals surface area contributed by atoms with Crippen LogP contribution in [0, 0.1) is 0 Å². The van der Waals surface area contributed by atoms with Gasteiger partial charge in [-0.3, -0.25) is 9.59 Å². The highest BCUT2D eigenvalue weighted by atomic mass is 79.9. The molecule has 1 aromatic heterocycles. The lowest BCUT2D eigenvalue weighted by Crippen LogP contribution is -2.30. The first kappa shape index (κ1) is 13.4. The highest BCUT2D eigenvalue weighted by Gasteiger charge is 2.15. The van der Waals surface area contributed by atoms with Crippen molar-refractivity contribution in [1.82, 2.24) is 10.3 Å². The molecule has 1 amide bonds. The van der Waals surface area contributed by atoms with Gasteiger partial charge in [-0.05, 0) is 22.0 Å². The van der Waals surface area contributed by atoms with E-state index in [0.29, 0.717) is 15.9 Å². The van der Waals surface area contributed by atoms with Gasteiger partial charge in [-0.2, -0.15) is 0 Å². The third-order valence-corrected chi connectivity index (χ3v) is 2.34. The molecule has 0 aliphatic rings. The number of halogens is 1. The second-order valence-electron chi connectivity index (χ2n) is 3.50. The minimum absolute atomic E-state index is 0.325. The summed E-state index contributed by atoms with van der Waals surface area (Å²) in [5.74, 6) is -1.08. The molecule has 0 fully saturated rings. The number of aliphatic carboxylic acids is 1. The van der Waals surface area contributed by atoms with Gasteiger partial charge in [0.05, 0.1) is 5.56 Å².